The molecule has 3 heteroatoms. The Morgan fingerprint density at radius 3 is 2.67 bits per heavy atom. The summed E-state index contributed by atoms with van der Waals surface area (Å²) in [6.07, 6.45) is 0. The van der Waals surface area contributed by atoms with E-state index in [0.29, 0.717) is 6.61 Å². The standard InChI is InChI=1S/C15H16ClNO/c1-11(9-17-2)10-18-15-8-7-14(16)12-5-3-4-6-13(12)15/h3-8,17H,1,9-10H2,2H3. The number of benzene rings is 2. The van der Waals surface area contributed by atoms with Crippen LogP contribution in [0.25, 0.3) is 10.8 Å². The summed E-state index contributed by atoms with van der Waals surface area (Å²) in [6, 6.07) is 11.7. The van der Waals surface area contributed by atoms with Crippen LogP contribution in [0.5, 0.6) is 5.75 Å². The maximum atomic E-state index is 6.16. The van der Waals surface area contributed by atoms with Gasteiger partial charge in [-0.25, -0.2) is 0 Å². The Kier molecular flexibility index (Phi) is 4.24. The zero-order valence-corrected chi connectivity index (χ0v) is 11.1. The van der Waals surface area contributed by atoms with Crippen LogP contribution < -0.4 is 10.1 Å². The Morgan fingerprint density at radius 1 is 1.22 bits per heavy atom. The molecule has 0 saturated carbocycles. The van der Waals surface area contributed by atoms with Crippen molar-refractivity contribution in [2.24, 2.45) is 0 Å². The molecule has 0 aliphatic heterocycles. The molecule has 0 aromatic heterocycles. The van der Waals surface area contributed by atoms with Crippen molar-refractivity contribution in [2.45, 2.75) is 0 Å². The molecule has 2 rings (SSSR count). The summed E-state index contributed by atoms with van der Waals surface area (Å²) in [5.41, 5.74) is 1.01. The monoisotopic (exact) mass is 261 g/mol. The molecule has 94 valence electrons. The normalized spacial score (nSPS) is 10.6. The predicted molar refractivity (Wildman–Crippen MR) is 77.5 cm³/mol. The summed E-state index contributed by atoms with van der Waals surface area (Å²) in [6.45, 7) is 5.21. The summed E-state index contributed by atoms with van der Waals surface area (Å²) in [5, 5.41) is 5.83. The maximum Gasteiger partial charge on any atom is 0.127 e. The summed E-state index contributed by atoms with van der Waals surface area (Å²) >= 11 is 6.16. The highest BCUT2D eigenvalue weighted by molar-refractivity contribution is 6.35. The third-order valence-corrected chi connectivity index (χ3v) is 3.02. The molecule has 0 aliphatic carbocycles. The highest BCUT2D eigenvalue weighted by Crippen LogP contribution is 2.31. The lowest BCUT2D eigenvalue weighted by molar-refractivity contribution is 0.353. The van der Waals surface area contributed by atoms with Crippen molar-refractivity contribution in [3.8, 4) is 5.75 Å². The Balaban J connectivity index is 2.24. The minimum atomic E-state index is 0.506. The van der Waals surface area contributed by atoms with Gasteiger partial charge in [0.1, 0.15) is 12.4 Å². The third-order valence-electron chi connectivity index (χ3n) is 2.69. The van der Waals surface area contributed by atoms with Gasteiger partial charge in [0.2, 0.25) is 0 Å². The van der Waals surface area contributed by atoms with E-state index in [1.807, 2.05) is 43.4 Å². The minimum Gasteiger partial charge on any atom is -0.489 e. The number of halogens is 1. The van der Waals surface area contributed by atoms with Gasteiger partial charge in [0.15, 0.2) is 0 Å². The number of likely N-dealkylation sites (N-methyl/N-ethyl adjacent to an activating group) is 1. The number of ether oxygens (including phenoxy) is 1. The van der Waals surface area contributed by atoms with Crippen LogP contribution in [0.3, 0.4) is 0 Å². The van der Waals surface area contributed by atoms with Gasteiger partial charge in [-0.05, 0) is 24.8 Å². The second-order valence-electron chi connectivity index (χ2n) is 4.16. The van der Waals surface area contributed by atoms with Crippen LogP contribution >= 0.6 is 11.6 Å². The minimum absolute atomic E-state index is 0.506. The average molecular weight is 262 g/mol. The largest absolute Gasteiger partial charge is 0.489 e. The van der Waals surface area contributed by atoms with Crippen LogP contribution in [-0.2, 0) is 0 Å². The Bertz CT molecular complexity index is 565. The number of hydrogen-bond acceptors (Lipinski definition) is 2. The highest BCUT2D eigenvalue weighted by atomic mass is 35.5. The first-order valence-corrected chi connectivity index (χ1v) is 6.21. The second-order valence-corrected chi connectivity index (χ2v) is 4.57. The molecule has 0 bridgehead atoms. The smallest absolute Gasteiger partial charge is 0.127 e. The van der Waals surface area contributed by atoms with E-state index in [2.05, 4.69) is 11.9 Å². The molecule has 18 heavy (non-hydrogen) atoms. The summed E-state index contributed by atoms with van der Waals surface area (Å²) in [5.74, 6) is 0.840. The Labute approximate surface area is 112 Å². The van der Waals surface area contributed by atoms with E-state index in [1.54, 1.807) is 0 Å². The molecule has 2 aromatic carbocycles. The van der Waals surface area contributed by atoms with E-state index in [4.69, 9.17) is 16.3 Å². The number of hydrogen-bond donors (Lipinski definition) is 1. The molecule has 0 atom stereocenters. The fourth-order valence-electron chi connectivity index (χ4n) is 1.84. The first kappa shape index (κ1) is 12.9. The molecule has 0 aliphatic rings. The lowest BCUT2D eigenvalue weighted by Gasteiger charge is -2.11. The van der Waals surface area contributed by atoms with Crippen LogP contribution in [0.2, 0.25) is 5.02 Å². The van der Waals surface area contributed by atoms with E-state index < -0.39 is 0 Å². The van der Waals surface area contributed by atoms with Crippen molar-refractivity contribution in [1.82, 2.24) is 5.32 Å². The van der Waals surface area contributed by atoms with Gasteiger partial charge in [0, 0.05) is 22.3 Å². The number of rotatable bonds is 5. The molecule has 0 amide bonds. The summed E-state index contributed by atoms with van der Waals surface area (Å²) in [7, 11) is 1.89. The molecule has 2 aromatic rings. The SMILES string of the molecule is C=C(CNC)COc1ccc(Cl)c2ccccc12. The Morgan fingerprint density at radius 2 is 1.94 bits per heavy atom. The van der Waals surface area contributed by atoms with Gasteiger partial charge in [-0.15, -0.1) is 0 Å². The second kappa shape index (κ2) is 5.89. The molecule has 0 heterocycles. The van der Waals surface area contributed by atoms with Crippen LogP contribution in [0.1, 0.15) is 0 Å². The highest BCUT2D eigenvalue weighted by Gasteiger charge is 2.05. The average Bonchev–Trinajstić information content (AvgIpc) is 2.39. The predicted octanol–water partition coefficient (Wildman–Crippen LogP) is 3.65. The topological polar surface area (TPSA) is 21.3 Å². The maximum absolute atomic E-state index is 6.16. The van der Waals surface area contributed by atoms with E-state index >= 15 is 0 Å². The van der Waals surface area contributed by atoms with Crippen molar-refractivity contribution in [2.75, 3.05) is 20.2 Å². The van der Waals surface area contributed by atoms with E-state index in [0.717, 1.165) is 33.7 Å². The van der Waals surface area contributed by atoms with Crippen molar-refractivity contribution in [3.05, 3.63) is 53.6 Å². The van der Waals surface area contributed by atoms with E-state index in [1.165, 1.54) is 0 Å². The molecule has 0 fully saturated rings. The molecule has 0 saturated heterocycles. The van der Waals surface area contributed by atoms with Gasteiger partial charge in [0.25, 0.3) is 0 Å². The molecule has 0 spiro atoms. The van der Waals surface area contributed by atoms with Crippen LogP contribution in [0.15, 0.2) is 48.6 Å². The van der Waals surface area contributed by atoms with Gasteiger partial charge < -0.3 is 10.1 Å². The summed E-state index contributed by atoms with van der Waals surface area (Å²) < 4.78 is 5.79. The van der Waals surface area contributed by atoms with E-state index in [-0.39, 0.29) is 0 Å². The van der Waals surface area contributed by atoms with Gasteiger partial charge in [-0.2, -0.15) is 0 Å². The first-order valence-electron chi connectivity index (χ1n) is 5.83. The van der Waals surface area contributed by atoms with Gasteiger partial charge in [-0.3, -0.25) is 0 Å². The number of fused-ring (bicyclic) bond motifs is 1. The van der Waals surface area contributed by atoms with Crippen LogP contribution in [0, 0.1) is 0 Å². The van der Waals surface area contributed by atoms with Gasteiger partial charge in [-0.1, -0.05) is 42.4 Å². The zero-order chi connectivity index (χ0) is 13.0. The summed E-state index contributed by atoms with van der Waals surface area (Å²) in [4.78, 5) is 0. The Hall–Kier alpha value is -1.51. The first-order chi connectivity index (χ1) is 8.72. The van der Waals surface area contributed by atoms with Gasteiger partial charge in [0.05, 0.1) is 0 Å². The van der Waals surface area contributed by atoms with Crippen molar-refractivity contribution in [1.29, 1.82) is 0 Å². The lowest BCUT2D eigenvalue weighted by atomic mass is 10.1. The van der Waals surface area contributed by atoms with Crippen molar-refractivity contribution < 1.29 is 4.74 Å². The van der Waals surface area contributed by atoms with Crippen LogP contribution in [0.4, 0.5) is 0 Å². The van der Waals surface area contributed by atoms with Crippen molar-refractivity contribution in [3.63, 3.8) is 0 Å². The lowest BCUT2D eigenvalue weighted by Crippen LogP contribution is -2.14. The molecule has 1 N–H and O–H groups in total. The van der Waals surface area contributed by atoms with Gasteiger partial charge >= 0.3 is 0 Å². The number of nitrogens with one attached hydrogen (secondary N) is 1. The van der Waals surface area contributed by atoms with E-state index in [9.17, 15) is 0 Å². The zero-order valence-electron chi connectivity index (χ0n) is 10.4. The molecular weight excluding hydrogens is 246 g/mol. The fraction of sp³-hybridized carbons (Fsp3) is 0.200. The quantitative estimate of drug-likeness (QED) is 0.830. The molecule has 0 unspecified atom stereocenters. The van der Waals surface area contributed by atoms with Crippen LogP contribution in [-0.4, -0.2) is 20.2 Å². The third kappa shape index (κ3) is 2.84. The molecule has 2 nitrogen and oxygen atoms in total. The fourth-order valence-corrected chi connectivity index (χ4v) is 2.07. The molecular formula is C15H16ClNO. The van der Waals surface area contributed by atoms with Crippen molar-refractivity contribution >= 4 is 22.4 Å². The molecule has 0 radical (unpaired) electrons.